The molecule has 0 radical (unpaired) electrons. The molecule has 1 unspecified atom stereocenters. The molecule has 4 nitrogen and oxygen atoms in total. The topological polar surface area (TPSA) is 76.4 Å². The molecular weight excluding hydrogens is 243 g/mol. The first-order valence-electron chi connectivity index (χ1n) is 6.61. The molecule has 0 spiro atoms. The summed E-state index contributed by atoms with van der Waals surface area (Å²) in [6.45, 7) is 2.92. The zero-order chi connectivity index (χ0) is 14.1. The van der Waals surface area contributed by atoms with Crippen molar-refractivity contribution in [2.45, 2.75) is 25.8 Å². The maximum atomic E-state index is 13.0. The van der Waals surface area contributed by atoms with Gasteiger partial charge in [0.2, 0.25) is 0 Å². The maximum absolute atomic E-state index is 13.0. The van der Waals surface area contributed by atoms with Gasteiger partial charge in [0, 0.05) is 6.54 Å². The lowest BCUT2D eigenvalue weighted by molar-refractivity contribution is 0.381. The molecule has 0 aliphatic rings. The van der Waals surface area contributed by atoms with Crippen molar-refractivity contribution in [3.63, 3.8) is 0 Å². The number of guanidine groups is 1. The van der Waals surface area contributed by atoms with Crippen LogP contribution in [0.4, 0.5) is 4.39 Å². The Bertz CT molecular complexity index is 385. The highest BCUT2D eigenvalue weighted by Crippen LogP contribution is 2.15. The summed E-state index contributed by atoms with van der Waals surface area (Å²) in [7, 11) is 0. The molecule has 1 rings (SSSR count). The molecule has 106 valence electrons. The highest BCUT2D eigenvalue weighted by atomic mass is 19.1. The number of hydrogen-bond acceptors (Lipinski definition) is 2. The standard InChI is InChI=1S/C14H23FN4/c1-2-11-4-6-12(7-5-11)13(10-15)18-8-3-9-19-14(16)17/h4-7,13,18H,2-3,8-10H2,1H3,(H4,16,17,19). The van der Waals surface area contributed by atoms with Crippen molar-refractivity contribution in [3.05, 3.63) is 35.4 Å². The van der Waals surface area contributed by atoms with Crippen LogP contribution in [0, 0.1) is 0 Å². The van der Waals surface area contributed by atoms with Crippen LogP contribution >= 0.6 is 0 Å². The van der Waals surface area contributed by atoms with E-state index >= 15 is 0 Å². The fourth-order valence-electron chi connectivity index (χ4n) is 1.81. The summed E-state index contributed by atoms with van der Waals surface area (Å²) in [5.74, 6) is 0.0946. The van der Waals surface area contributed by atoms with Crippen LogP contribution in [0.15, 0.2) is 29.3 Å². The number of nitrogens with two attached hydrogens (primary N) is 2. The van der Waals surface area contributed by atoms with Crippen molar-refractivity contribution in [2.24, 2.45) is 16.5 Å². The first-order chi connectivity index (χ1) is 9.17. The third-order valence-electron chi connectivity index (χ3n) is 2.96. The smallest absolute Gasteiger partial charge is 0.185 e. The molecule has 0 bridgehead atoms. The van der Waals surface area contributed by atoms with Gasteiger partial charge in [-0.25, -0.2) is 4.39 Å². The molecule has 0 aliphatic carbocycles. The molecule has 0 heterocycles. The van der Waals surface area contributed by atoms with E-state index in [-0.39, 0.29) is 12.0 Å². The van der Waals surface area contributed by atoms with E-state index in [0.717, 1.165) is 18.4 Å². The molecule has 0 aromatic heterocycles. The van der Waals surface area contributed by atoms with Crippen LogP contribution in [0.25, 0.3) is 0 Å². The SMILES string of the molecule is CCc1ccc(C(CF)NCCCN=C(N)N)cc1. The van der Waals surface area contributed by atoms with Crippen molar-refractivity contribution in [1.29, 1.82) is 0 Å². The van der Waals surface area contributed by atoms with Gasteiger partial charge in [0.1, 0.15) is 6.67 Å². The van der Waals surface area contributed by atoms with Crippen molar-refractivity contribution in [2.75, 3.05) is 19.8 Å². The summed E-state index contributed by atoms with van der Waals surface area (Å²) in [6.07, 6.45) is 1.77. The van der Waals surface area contributed by atoms with Gasteiger partial charge in [-0.2, -0.15) is 0 Å². The maximum Gasteiger partial charge on any atom is 0.185 e. The Kier molecular flexibility index (Phi) is 6.89. The van der Waals surface area contributed by atoms with E-state index in [2.05, 4.69) is 17.2 Å². The van der Waals surface area contributed by atoms with Crippen LogP contribution in [0.3, 0.4) is 0 Å². The second-order valence-corrected chi connectivity index (χ2v) is 4.42. The molecule has 0 amide bonds. The minimum Gasteiger partial charge on any atom is -0.370 e. The molecular formula is C14H23FN4. The number of halogens is 1. The van der Waals surface area contributed by atoms with Crippen molar-refractivity contribution in [1.82, 2.24) is 5.32 Å². The first kappa shape index (κ1) is 15.4. The minimum absolute atomic E-state index is 0.0946. The van der Waals surface area contributed by atoms with Gasteiger partial charge in [0.05, 0.1) is 6.04 Å². The third-order valence-corrected chi connectivity index (χ3v) is 2.96. The van der Waals surface area contributed by atoms with Gasteiger partial charge in [-0.05, 0) is 30.5 Å². The zero-order valence-corrected chi connectivity index (χ0v) is 11.4. The van der Waals surface area contributed by atoms with E-state index < -0.39 is 6.67 Å². The van der Waals surface area contributed by atoms with Gasteiger partial charge < -0.3 is 16.8 Å². The van der Waals surface area contributed by atoms with E-state index in [9.17, 15) is 4.39 Å². The molecule has 5 N–H and O–H groups in total. The van der Waals surface area contributed by atoms with Crippen LogP contribution in [-0.2, 0) is 6.42 Å². The highest BCUT2D eigenvalue weighted by molar-refractivity contribution is 5.75. The second-order valence-electron chi connectivity index (χ2n) is 4.42. The van der Waals surface area contributed by atoms with Crippen molar-refractivity contribution >= 4 is 5.96 Å². The number of hydrogen-bond donors (Lipinski definition) is 3. The van der Waals surface area contributed by atoms with Crippen LogP contribution in [-0.4, -0.2) is 25.7 Å². The summed E-state index contributed by atoms with van der Waals surface area (Å²) in [5.41, 5.74) is 12.7. The van der Waals surface area contributed by atoms with Crippen LogP contribution in [0.5, 0.6) is 0 Å². The van der Waals surface area contributed by atoms with Gasteiger partial charge in [0.25, 0.3) is 0 Å². The van der Waals surface area contributed by atoms with Gasteiger partial charge in [0.15, 0.2) is 5.96 Å². The molecule has 0 fully saturated rings. The summed E-state index contributed by atoms with van der Waals surface area (Å²) in [6, 6.07) is 7.78. The largest absolute Gasteiger partial charge is 0.370 e. The molecule has 1 aromatic carbocycles. The average molecular weight is 266 g/mol. The minimum atomic E-state index is -0.423. The van der Waals surface area contributed by atoms with Crippen LogP contribution in [0.1, 0.15) is 30.5 Å². The normalized spacial score (nSPS) is 12.1. The van der Waals surface area contributed by atoms with Gasteiger partial charge in [-0.3, -0.25) is 4.99 Å². The lowest BCUT2D eigenvalue weighted by atomic mass is 10.0. The zero-order valence-electron chi connectivity index (χ0n) is 11.4. The molecule has 0 aliphatic heterocycles. The Morgan fingerprint density at radius 3 is 2.53 bits per heavy atom. The Morgan fingerprint density at radius 2 is 2.00 bits per heavy atom. The lowest BCUT2D eigenvalue weighted by Crippen LogP contribution is -2.26. The quantitative estimate of drug-likeness (QED) is 0.379. The van der Waals surface area contributed by atoms with Crippen LogP contribution < -0.4 is 16.8 Å². The summed E-state index contributed by atoms with van der Waals surface area (Å²) in [4.78, 5) is 3.88. The van der Waals surface area contributed by atoms with Gasteiger partial charge in [-0.15, -0.1) is 0 Å². The number of aryl methyl sites for hydroxylation is 1. The van der Waals surface area contributed by atoms with Gasteiger partial charge in [-0.1, -0.05) is 31.2 Å². The Morgan fingerprint density at radius 1 is 1.32 bits per heavy atom. The summed E-state index contributed by atoms with van der Waals surface area (Å²) < 4.78 is 13.0. The van der Waals surface area contributed by atoms with E-state index in [1.54, 1.807) is 0 Å². The number of aliphatic imine (C=N–C) groups is 1. The monoisotopic (exact) mass is 266 g/mol. The van der Waals surface area contributed by atoms with Crippen molar-refractivity contribution < 1.29 is 4.39 Å². The molecule has 1 atom stereocenters. The average Bonchev–Trinajstić information content (AvgIpc) is 2.43. The fraction of sp³-hybridized carbons (Fsp3) is 0.500. The fourth-order valence-corrected chi connectivity index (χ4v) is 1.81. The molecule has 5 heteroatoms. The van der Waals surface area contributed by atoms with Crippen LogP contribution in [0.2, 0.25) is 0 Å². The second kappa shape index (κ2) is 8.48. The number of alkyl halides is 1. The van der Waals surface area contributed by atoms with Crippen molar-refractivity contribution in [3.8, 4) is 0 Å². The number of nitrogens with one attached hydrogen (secondary N) is 1. The lowest BCUT2D eigenvalue weighted by Gasteiger charge is -2.16. The molecule has 1 aromatic rings. The highest BCUT2D eigenvalue weighted by Gasteiger charge is 2.09. The van der Waals surface area contributed by atoms with E-state index in [0.29, 0.717) is 13.1 Å². The number of nitrogens with zero attached hydrogens (tertiary/aromatic N) is 1. The molecule has 0 saturated heterocycles. The number of rotatable bonds is 8. The third kappa shape index (κ3) is 5.70. The first-order valence-corrected chi connectivity index (χ1v) is 6.61. The van der Waals surface area contributed by atoms with E-state index in [1.807, 2.05) is 24.3 Å². The molecule has 0 saturated carbocycles. The predicted molar refractivity (Wildman–Crippen MR) is 77.8 cm³/mol. The molecule has 19 heavy (non-hydrogen) atoms. The Balaban J connectivity index is 2.41. The van der Waals surface area contributed by atoms with Gasteiger partial charge >= 0.3 is 0 Å². The van der Waals surface area contributed by atoms with E-state index in [1.165, 1.54) is 5.56 Å². The Labute approximate surface area is 114 Å². The summed E-state index contributed by atoms with van der Waals surface area (Å²) in [5, 5.41) is 3.17. The Hall–Kier alpha value is -1.62. The predicted octanol–water partition coefficient (Wildman–Crippen LogP) is 1.51. The summed E-state index contributed by atoms with van der Waals surface area (Å²) >= 11 is 0. The number of benzene rings is 1. The van der Waals surface area contributed by atoms with E-state index in [4.69, 9.17) is 11.5 Å².